The Kier molecular flexibility index (Phi) is 4.12. The van der Waals surface area contributed by atoms with Gasteiger partial charge in [-0.05, 0) is 50.2 Å². The van der Waals surface area contributed by atoms with E-state index in [1.165, 1.54) is 24.3 Å². The van der Waals surface area contributed by atoms with Gasteiger partial charge in [0.1, 0.15) is 0 Å². The maximum atomic E-state index is 12.4. The van der Waals surface area contributed by atoms with Crippen molar-refractivity contribution in [3.05, 3.63) is 60.2 Å². The first-order valence-corrected chi connectivity index (χ1v) is 9.35. The van der Waals surface area contributed by atoms with Crippen LogP contribution in [0.1, 0.15) is 24.2 Å². The number of hydrogen-bond donors (Lipinski definition) is 1. The summed E-state index contributed by atoms with van der Waals surface area (Å²) in [7, 11) is -3.70. The minimum absolute atomic E-state index is 0.227. The monoisotopic (exact) mass is 358 g/mol. The number of rotatable bonds is 3. The average molecular weight is 358 g/mol. The van der Waals surface area contributed by atoms with Crippen molar-refractivity contribution >= 4 is 33.2 Å². The van der Waals surface area contributed by atoms with Gasteiger partial charge in [0.2, 0.25) is 15.9 Å². The van der Waals surface area contributed by atoms with Crippen LogP contribution in [0.15, 0.2) is 54.6 Å². The number of nitrogens with zero attached hydrogens (tertiary/aromatic N) is 1. The Bertz CT molecular complexity index is 919. The van der Waals surface area contributed by atoms with Gasteiger partial charge >= 0.3 is 0 Å². The molecule has 130 valence electrons. The topological polar surface area (TPSA) is 83.6 Å². The summed E-state index contributed by atoms with van der Waals surface area (Å²) in [5.74, 6) is -1.00. The quantitative estimate of drug-likeness (QED) is 0.914. The van der Waals surface area contributed by atoms with E-state index in [0.717, 1.165) is 4.31 Å². The minimum Gasteiger partial charge on any atom is -0.322 e. The van der Waals surface area contributed by atoms with Crippen molar-refractivity contribution in [2.75, 3.05) is 15.4 Å². The van der Waals surface area contributed by atoms with E-state index in [-0.39, 0.29) is 17.3 Å². The predicted molar refractivity (Wildman–Crippen MR) is 95.9 cm³/mol. The predicted octanol–water partition coefficient (Wildman–Crippen LogP) is 2.64. The Hall–Kier alpha value is -2.67. The van der Waals surface area contributed by atoms with Crippen LogP contribution in [0, 0.1) is 5.41 Å². The van der Waals surface area contributed by atoms with Gasteiger partial charge in [-0.25, -0.2) is 12.7 Å². The number of para-hydroxylation sites is 1. The molecule has 1 heterocycles. The fraction of sp³-hybridized carbons (Fsp3) is 0.222. The Labute approximate surface area is 146 Å². The molecule has 0 saturated carbocycles. The molecule has 0 unspecified atom stereocenters. The van der Waals surface area contributed by atoms with Crippen LogP contribution in [0.3, 0.4) is 0 Å². The van der Waals surface area contributed by atoms with Crippen molar-refractivity contribution in [2.24, 2.45) is 5.41 Å². The number of carbonyl (C=O) groups is 2. The van der Waals surface area contributed by atoms with Crippen molar-refractivity contribution in [1.82, 2.24) is 0 Å². The van der Waals surface area contributed by atoms with Crippen LogP contribution in [0.2, 0.25) is 0 Å². The molecular formula is C18H18N2O4S. The van der Waals surface area contributed by atoms with Gasteiger partial charge in [-0.15, -0.1) is 0 Å². The fourth-order valence-corrected chi connectivity index (χ4v) is 4.84. The SMILES string of the molecule is CC1(C)CS(=O)(=O)N(c2ccc(C(=O)Nc3ccccc3)cc2)C1=O. The normalized spacial score (nSPS) is 18.2. The third-order valence-corrected chi connectivity index (χ3v) is 6.00. The summed E-state index contributed by atoms with van der Waals surface area (Å²) in [5, 5.41) is 2.75. The van der Waals surface area contributed by atoms with Gasteiger partial charge in [0.25, 0.3) is 5.91 Å². The molecule has 0 aliphatic carbocycles. The van der Waals surface area contributed by atoms with Crippen molar-refractivity contribution in [1.29, 1.82) is 0 Å². The van der Waals surface area contributed by atoms with E-state index in [2.05, 4.69) is 5.32 Å². The van der Waals surface area contributed by atoms with E-state index in [0.29, 0.717) is 11.3 Å². The summed E-state index contributed by atoms with van der Waals surface area (Å²) >= 11 is 0. The van der Waals surface area contributed by atoms with Gasteiger partial charge in [-0.2, -0.15) is 0 Å². The van der Waals surface area contributed by atoms with Crippen molar-refractivity contribution in [3.8, 4) is 0 Å². The first-order chi connectivity index (χ1) is 11.7. The summed E-state index contributed by atoms with van der Waals surface area (Å²) in [4.78, 5) is 24.6. The van der Waals surface area contributed by atoms with Crippen LogP contribution in [0.25, 0.3) is 0 Å². The molecule has 25 heavy (non-hydrogen) atoms. The molecule has 2 amide bonds. The maximum Gasteiger partial charge on any atom is 0.255 e. The minimum atomic E-state index is -3.70. The lowest BCUT2D eigenvalue weighted by Crippen LogP contribution is -2.32. The standard InChI is InChI=1S/C18H18N2O4S/c1-18(2)12-25(23,24)20(17(18)22)15-10-8-13(9-11-15)16(21)19-14-6-4-3-5-7-14/h3-11H,12H2,1-2H3,(H,19,21). The highest BCUT2D eigenvalue weighted by atomic mass is 32.2. The van der Waals surface area contributed by atoms with E-state index in [4.69, 9.17) is 0 Å². The molecule has 1 aliphatic rings. The molecule has 7 heteroatoms. The van der Waals surface area contributed by atoms with Crippen molar-refractivity contribution < 1.29 is 18.0 Å². The first kappa shape index (κ1) is 17.2. The number of anilines is 2. The molecule has 1 N–H and O–H groups in total. The zero-order valence-electron chi connectivity index (χ0n) is 13.9. The Balaban J connectivity index is 1.83. The second-order valence-electron chi connectivity index (χ2n) is 6.58. The number of carbonyl (C=O) groups excluding carboxylic acids is 2. The molecule has 2 aromatic rings. The molecule has 0 atom stereocenters. The van der Waals surface area contributed by atoms with E-state index >= 15 is 0 Å². The second-order valence-corrected chi connectivity index (χ2v) is 8.39. The lowest BCUT2D eigenvalue weighted by Gasteiger charge is -2.17. The zero-order valence-corrected chi connectivity index (χ0v) is 14.7. The number of benzene rings is 2. The zero-order chi connectivity index (χ0) is 18.2. The van der Waals surface area contributed by atoms with Crippen LogP contribution in [-0.4, -0.2) is 26.0 Å². The summed E-state index contributed by atoms with van der Waals surface area (Å²) in [5.41, 5.74) is 0.320. The number of amides is 2. The molecule has 0 bridgehead atoms. The molecule has 0 spiro atoms. The van der Waals surface area contributed by atoms with Crippen LogP contribution in [0.5, 0.6) is 0 Å². The van der Waals surface area contributed by atoms with Crippen molar-refractivity contribution in [2.45, 2.75) is 13.8 Å². The largest absolute Gasteiger partial charge is 0.322 e. The summed E-state index contributed by atoms with van der Waals surface area (Å²) in [6.07, 6.45) is 0. The van der Waals surface area contributed by atoms with E-state index in [1.807, 2.05) is 18.2 Å². The van der Waals surface area contributed by atoms with Crippen LogP contribution >= 0.6 is 0 Å². The van der Waals surface area contributed by atoms with Crippen molar-refractivity contribution in [3.63, 3.8) is 0 Å². The smallest absolute Gasteiger partial charge is 0.255 e. The third-order valence-electron chi connectivity index (χ3n) is 3.98. The molecule has 6 nitrogen and oxygen atoms in total. The number of nitrogens with one attached hydrogen (secondary N) is 1. The van der Waals surface area contributed by atoms with Crippen LogP contribution in [-0.2, 0) is 14.8 Å². The molecule has 0 aromatic heterocycles. The second kappa shape index (κ2) is 6.00. The molecule has 1 fully saturated rings. The molecule has 1 saturated heterocycles. The number of sulfonamides is 1. The lowest BCUT2D eigenvalue weighted by molar-refractivity contribution is -0.123. The Morgan fingerprint density at radius 2 is 1.64 bits per heavy atom. The average Bonchev–Trinajstić information content (AvgIpc) is 2.71. The summed E-state index contributed by atoms with van der Waals surface area (Å²) in [6, 6.07) is 14.9. The van der Waals surface area contributed by atoms with Gasteiger partial charge in [-0.3, -0.25) is 9.59 Å². The van der Waals surface area contributed by atoms with Gasteiger partial charge < -0.3 is 5.32 Å². The summed E-state index contributed by atoms with van der Waals surface area (Å²) < 4.78 is 25.4. The van der Waals surface area contributed by atoms with Crippen LogP contribution < -0.4 is 9.62 Å². The summed E-state index contributed by atoms with van der Waals surface area (Å²) in [6.45, 7) is 3.21. The molecule has 0 radical (unpaired) electrons. The van der Waals surface area contributed by atoms with Gasteiger partial charge in [0.15, 0.2) is 0 Å². The molecular weight excluding hydrogens is 340 g/mol. The van der Waals surface area contributed by atoms with E-state index in [9.17, 15) is 18.0 Å². The highest BCUT2D eigenvalue weighted by molar-refractivity contribution is 7.94. The van der Waals surface area contributed by atoms with Gasteiger partial charge in [0.05, 0.1) is 16.9 Å². The van der Waals surface area contributed by atoms with Gasteiger partial charge in [0, 0.05) is 11.3 Å². The van der Waals surface area contributed by atoms with E-state index < -0.39 is 21.3 Å². The molecule has 2 aromatic carbocycles. The molecule has 1 aliphatic heterocycles. The Morgan fingerprint density at radius 3 is 2.16 bits per heavy atom. The third kappa shape index (κ3) is 3.28. The molecule has 3 rings (SSSR count). The van der Waals surface area contributed by atoms with Crippen LogP contribution in [0.4, 0.5) is 11.4 Å². The highest BCUT2D eigenvalue weighted by Crippen LogP contribution is 2.35. The number of hydrogen-bond acceptors (Lipinski definition) is 4. The first-order valence-electron chi connectivity index (χ1n) is 7.75. The highest BCUT2D eigenvalue weighted by Gasteiger charge is 2.49. The van der Waals surface area contributed by atoms with E-state index in [1.54, 1.807) is 26.0 Å². The maximum absolute atomic E-state index is 12.4. The fourth-order valence-electron chi connectivity index (χ4n) is 2.73. The Morgan fingerprint density at radius 1 is 1.04 bits per heavy atom. The van der Waals surface area contributed by atoms with Gasteiger partial charge in [-0.1, -0.05) is 18.2 Å². The lowest BCUT2D eigenvalue weighted by atomic mass is 9.95.